The zero-order valence-electron chi connectivity index (χ0n) is 16.0. The summed E-state index contributed by atoms with van der Waals surface area (Å²) in [5.74, 6) is 1.93. The summed E-state index contributed by atoms with van der Waals surface area (Å²) in [7, 11) is 0. The molecule has 29 heavy (non-hydrogen) atoms. The number of rotatable bonds is 5. The average molecular weight is 442 g/mol. The highest BCUT2D eigenvalue weighted by atomic mass is 32.2. The van der Waals surface area contributed by atoms with Gasteiger partial charge >= 0.3 is 0 Å². The SMILES string of the molecule is CCOc1ccc(N2C(=S)SC3C(=O)N=C(SCc4cccc(C)c4)N=C32)cc1. The number of amides is 1. The summed E-state index contributed by atoms with van der Waals surface area (Å²) in [6.07, 6.45) is 0. The fraction of sp³-hybridized carbons (Fsp3) is 0.238. The molecular formula is C21H19N3O2S3. The second-order valence-electron chi connectivity index (χ2n) is 6.51. The molecule has 1 unspecified atom stereocenters. The van der Waals surface area contributed by atoms with Crippen molar-refractivity contribution < 1.29 is 9.53 Å². The van der Waals surface area contributed by atoms with E-state index in [-0.39, 0.29) is 5.91 Å². The molecule has 0 aliphatic carbocycles. The van der Waals surface area contributed by atoms with Crippen LogP contribution in [-0.4, -0.2) is 33.1 Å². The van der Waals surface area contributed by atoms with E-state index < -0.39 is 5.25 Å². The van der Waals surface area contributed by atoms with Crippen LogP contribution in [0.2, 0.25) is 0 Å². The van der Waals surface area contributed by atoms with Crippen molar-refractivity contribution in [3.05, 3.63) is 59.7 Å². The average Bonchev–Trinajstić information content (AvgIpc) is 3.04. The molecule has 0 spiro atoms. The Morgan fingerprint density at radius 1 is 1.21 bits per heavy atom. The van der Waals surface area contributed by atoms with E-state index >= 15 is 0 Å². The molecule has 148 valence electrons. The number of hydrogen-bond acceptors (Lipinski definition) is 6. The first-order chi connectivity index (χ1) is 14.0. The van der Waals surface area contributed by atoms with Crippen molar-refractivity contribution in [3.8, 4) is 5.75 Å². The third-order valence-corrected chi connectivity index (χ3v) is 6.78. The summed E-state index contributed by atoms with van der Waals surface area (Å²) in [5, 5.41) is 0.00128. The predicted octanol–water partition coefficient (Wildman–Crippen LogP) is 4.83. The van der Waals surface area contributed by atoms with Crippen LogP contribution in [0.3, 0.4) is 0 Å². The highest BCUT2D eigenvalue weighted by Gasteiger charge is 2.43. The minimum Gasteiger partial charge on any atom is -0.494 e. The third-order valence-electron chi connectivity index (χ3n) is 4.36. The van der Waals surface area contributed by atoms with Crippen LogP contribution in [0.15, 0.2) is 58.5 Å². The normalized spacial score (nSPS) is 18.4. The molecule has 2 heterocycles. The van der Waals surface area contributed by atoms with Crippen LogP contribution in [0.1, 0.15) is 18.1 Å². The zero-order chi connectivity index (χ0) is 20.4. The van der Waals surface area contributed by atoms with Gasteiger partial charge in [0.25, 0.3) is 5.91 Å². The number of fused-ring (bicyclic) bond motifs is 1. The molecule has 0 bridgehead atoms. The Hall–Kier alpha value is -2.16. The lowest BCUT2D eigenvalue weighted by molar-refractivity contribution is -0.116. The number of nitrogens with zero attached hydrogens (tertiary/aromatic N) is 3. The van der Waals surface area contributed by atoms with Gasteiger partial charge in [-0.2, -0.15) is 4.99 Å². The zero-order valence-corrected chi connectivity index (χ0v) is 18.4. The predicted molar refractivity (Wildman–Crippen MR) is 126 cm³/mol. The molecule has 2 aliphatic rings. The lowest BCUT2D eigenvalue weighted by Crippen LogP contribution is -2.37. The molecule has 5 nitrogen and oxygen atoms in total. The summed E-state index contributed by atoms with van der Waals surface area (Å²) >= 11 is 8.32. The molecule has 1 saturated heterocycles. The fourth-order valence-corrected chi connectivity index (χ4v) is 5.27. The first-order valence-corrected chi connectivity index (χ1v) is 11.5. The van der Waals surface area contributed by atoms with Gasteiger partial charge in [0.15, 0.2) is 10.4 Å². The third kappa shape index (κ3) is 4.39. The number of amidine groups is 2. The van der Waals surface area contributed by atoms with E-state index in [1.165, 1.54) is 34.7 Å². The van der Waals surface area contributed by atoms with Crippen molar-refractivity contribution in [3.63, 3.8) is 0 Å². The Bertz CT molecular complexity index is 1020. The van der Waals surface area contributed by atoms with Crippen LogP contribution < -0.4 is 9.64 Å². The lowest BCUT2D eigenvalue weighted by atomic mass is 10.2. The number of hydrogen-bond donors (Lipinski definition) is 0. The number of carbonyl (C=O) groups is 1. The van der Waals surface area contributed by atoms with E-state index in [9.17, 15) is 4.79 Å². The maximum atomic E-state index is 12.6. The van der Waals surface area contributed by atoms with Crippen LogP contribution in [0.5, 0.6) is 5.75 Å². The maximum Gasteiger partial charge on any atom is 0.269 e. The molecule has 4 rings (SSSR count). The van der Waals surface area contributed by atoms with Gasteiger partial charge < -0.3 is 4.74 Å². The minimum atomic E-state index is -0.475. The van der Waals surface area contributed by atoms with Crippen molar-refractivity contribution in [2.45, 2.75) is 24.9 Å². The molecule has 0 radical (unpaired) electrons. The van der Waals surface area contributed by atoms with Crippen molar-refractivity contribution >= 4 is 62.7 Å². The highest BCUT2D eigenvalue weighted by molar-refractivity contribution is 8.25. The van der Waals surface area contributed by atoms with Gasteiger partial charge in [0.1, 0.15) is 15.9 Å². The molecule has 2 aromatic carbocycles. The topological polar surface area (TPSA) is 54.3 Å². The summed E-state index contributed by atoms with van der Waals surface area (Å²) < 4.78 is 6.11. The van der Waals surface area contributed by atoms with E-state index in [0.717, 1.165) is 11.4 Å². The molecule has 1 fully saturated rings. The number of thioether (sulfide) groups is 2. The molecule has 1 amide bonds. The Balaban J connectivity index is 1.56. The van der Waals surface area contributed by atoms with Gasteiger partial charge in [-0.25, -0.2) is 4.99 Å². The number of carbonyl (C=O) groups excluding carboxylic acids is 1. The quantitative estimate of drug-likeness (QED) is 0.620. The van der Waals surface area contributed by atoms with Crippen molar-refractivity contribution in [2.75, 3.05) is 11.5 Å². The molecule has 0 N–H and O–H groups in total. The van der Waals surface area contributed by atoms with Crippen molar-refractivity contribution in [1.82, 2.24) is 0 Å². The molecule has 0 aromatic heterocycles. The Morgan fingerprint density at radius 2 is 2.00 bits per heavy atom. The summed E-state index contributed by atoms with van der Waals surface area (Å²) in [4.78, 5) is 23.3. The number of aryl methyl sites for hydroxylation is 1. The van der Waals surface area contributed by atoms with Gasteiger partial charge in [0.2, 0.25) is 0 Å². The number of thiocarbonyl (C=S) groups is 1. The van der Waals surface area contributed by atoms with Crippen LogP contribution in [0.4, 0.5) is 5.69 Å². The maximum absolute atomic E-state index is 12.6. The molecule has 2 aliphatic heterocycles. The summed E-state index contributed by atoms with van der Waals surface area (Å²) in [6.45, 7) is 4.62. The Labute approximate surface area is 183 Å². The van der Waals surface area contributed by atoms with E-state index in [0.29, 0.717) is 27.7 Å². The standard InChI is InChI=1S/C21H19N3O2S3/c1-3-26-16-9-7-15(8-10-16)24-18-17(29-21(24)27)19(25)23-20(22-18)28-12-14-6-4-5-13(2)11-14/h4-11,17H,3,12H2,1-2H3. The second-order valence-corrected chi connectivity index (χ2v) is 9.19. The highest BCUT2D eigenvalue weighted by Crippen LogP contribution is 2.36. The fourth-order valence-electron chi connectivity index (χ4n) is 3.07. The Kier molecular flexibility index (Phi) is 6.03. The van der Waals surface area contributed by atoms with E-state index in [2.05, 4.69) is 30.1 Å². The van der Waals surface area contributed by atoms with E-state index in [4.69, 9.17) is 21.9 Å². The van der Waals surface area contributed by atoms with Gasteiger partial charge in [0, 0.05) is 11.4 Å². The van der Waals surface area contributed by atoms with Gasteiger partial charge in [-0.15, -0.1) is 0 Å². The van der Waals surface area contributed by atoms with Gasteiger partial charge in [-0.3, -0.25) is 9.69 Å². The van der Waals surface area contributed by atoms with E-state index in [1.807, 2.05) is 42.2 Å². The number of benzene rings is 2. The van der Waals surface area contributed by atoms with Crippen molar-refractivity contribution in [2.24, 2.45) is 9.98 Å². The van der Waals surface area contributed by atoms with Crippen molar-refractivity contribution in [1.29, 1.82) is 0 Å². The first kappa shape index (κ1) is 20.1. The first-order valence-electron chi connectivity index (χ1n) is 9.18. The van der Waals surface area contributed by atoms with Gasteiger partial charge in [-0.1, -0.05) is 65.6 Å². The number of anilines is 1. The van der Waals surface area contributed by atoms with Crippen LogP contribution >= 0.6 is 35.7 Å². The molecule has 0 saturated carbocycles. The number of ether oxygens (including phenoxy) is 1. The molecular weight excluding hydrogens is 422 g/mol. The van der Waals surface area contributed by atoms with Crippen LogP contribution in [0, 0.1) is 6.92 Å². The summed E-state index contributed by atoms with van der Waals surface area (Å²) in [5.41, 5.74) is 3.24. The van der Waals surface area contributed by atoms with Crippen LogP contribution in [0.25, 0.3) is 0 Å². The van der Waals surface area contributed by atoms with E-state index in [1.54, 1.807) is 0 Å². The van der Waals surface area contributed by atoms with Gasteiger partial charge in [0.05, 0.1) is 6.61 Å². The molecule has 1 atom stereocenters. The lowest BCUT2D eigenvalue weighted by Gasteiger charge is -2.21. The molecule has 2 aromatic rings. The number of aliphatic imine (C=N–C) groups is 2. The monoisotopic (exact) mass is 441 g/mol. The Morgan fingerprint density at radius 3 is 2.72 bits per heavy atom. The van der Waals surface area contributed by atoms with Crippen LogP contribution in [-0.2, 0) is 10.5 Å². The summed E-state index contributed by atoms with van der Waals surface area (Å²) in [6, 6.07) is 15.9. The molecule has 8 heteroatoms. The minimum absolute atomic E-state index is 0.206. The second kappa shape index (κ2) is 8.69. The van der Waals surface area contributed by atoms with Gasteiger partial charge in [-0.05, 0) is 43.7 Å². The largest absolute Gasteiger partial charge is 0.494 e. The smallest absolute Gasteiger partial charge is 0.269 e.